The molecule has 4 nitrogen and oxygen atoms in total. The monoisotopic (exact) mass is 311 g/mol. The number of benzene rings is 1. The fourth-order valence-corrected chi connectivity index (χ4v) is 3.54. The van der Waals surface area contributed by atoms with Gasteiger partial charge < -0.3 is 10.5 Å². The molecule has 0 amide bonds. The summed E-state index contributed by atoms with van der Waals surface area (Å²) in [6.07, 6.45) is 1.89. The first kappa shape index (κ1) is 16.0. The molecule has 122 valence electrons. The molecule has 0 unspecified atom stereocenters. The SMILES string of the molecule is COc1c(C)cnc(CN2C[C@@H](N)[C@H](c3ccccc3)C2)c1C. The molecule has 23 heavy (non-hydrogen) atoms. The van der Waals surface area contributed by atoms with Crippen molar-refractivity contribution >= 4 is 0 Å². The van der Waals surface area contributed by atoms with Crippen LogP contribution in [0.3, 0.4) is 0 Å². The molecule has 0 saturated carbocycles. The Bertz CT molecular complexity index is 672. The Hall–Kier alpha value is -1.91. The minimum Gasteiger partial charge on any atom is -0.496 e. The maximum absolute atomic E-state index is 6.39. The summed E-state index contributed by atoms with van der Waals surface area (Å²) in [5.41, 5.74) is 11.0. The molecule has 2 aromatic rings. The fourth-order valence-electron chi connectivity index (χ4n) is 3.54. The van der Waals surface area contributed by atoms with Crippen molar-refractivity contribution in [3.63, 3.8) is 0 Å². The third-order valence-electron chi connectivity index (χ3n) is 4.79. The van der Waals surface area contributed by atoms with Gasteiger partial charge in [0.1, 0.15) is 5.75 Å². The van der Waals surface area contributed by atoms with Crippen LogP contribution in [0.15, 0.2) is 36.5 Å². The van der Waals surface area contributed by atoms with E-state index in [9.17, 15) is 0 Å². The van der Waals surface area contributed by atoms with Crippen molar-refractivity contribution in [3.8, 4) is 5.75 Å². The summed E-state index contributed by atoms with van der Waals surface area (Å²) in [5.74, 6) is 1.34. The maximum Gasteiger partial charge on any atom is 0.128 e. The Balaban J connectivity index is 1.75. The molecule has 2 N–H and O–H groups in total. The first-order chi connectivity index (χ1) is 11.1. The van der Waals surface area contributed by atoms with Gasteiger partial charge in [-0.3, -0.25) is 9.88 Å². The van der Waals surface area contributed by atoms with Crippen molar-refractivity contribution in [1.82, 2.24) is 9.88 Å². The van der Waals surface area contributed by atoms with E-state index in [1.54, 1.807) is 7.11 Å². The highest BCUT2D eigenvalue weighted by Crippen LogP contribution is 2.29. The highest BCUT2D eigenvalue weighted by atomic mass is 16.5. The van der Waals surface area contributed by atoms with Gasteiger partial charge in [-0.05, 0) is 19.4 Å². The van der Waals surface area contributed by atoms with Crippen molar-refractivity contribution in [3.05, 3.63) is 58.9 Å². The number of nitrogens with zero attached hydrogens (tertiary/aromatic N) is 2. The Morgan fingerprint density at radius 1 is 1.22 bits per heavy atom. The molecule has 0 aliphatic carbocycles. The van der Waals surface area contributed by atoms with E-state index in [0.717, 1.165) is 42.2 Å². The number of hydrogen-bond donors (Lipinski definition) is 1. The molecule has 2 atom stereocenters. The topological polar surface area (TPSA) is 51.4 Å². The molecule has 4 heteroatoms. The van der Waals surface area contributed by atoms with Crippen LogP contribution < -0.4 is 10.5 Å². The van der Waals surface area contributed by atoms with Gasteiger partial charge in [0, 0.05) is 48.9 Å². The lowest BCUT2D eigenvalue weighted by Gasteiger charge is -2.18. The highest BCUT2D eigenvalue weighted by Gasteiger charge is 2.31. The van der Waals surface area contributed by atoms with Gasteiger partial charge in [0.15, 0.2) is 0 Å². The van der Waals surface area contributed by atoms with Crippen LogP contribution in [-0.2, 0) is 6.54 Å². The van der Waals surface area contributed by atoms with Gasteiger partial charge >= 0.3 is 0 Å². The molecule has 3 rings (SSSR count). The first-order valence-corrected chi connectivity index (χ1v) is 8.12. The summed E-state index contributed by atoms with van der Waals surface area (Å²) in [7, 11) is 1.72. The standard InChI is InChI=1S/C19H25N3O/c1-13-9-21-18(14(2)19(13)23-3)12-22-10-16(17(20)11-22)15-7-5-4-6-8-15/h4-9,16-17H,10-12,20H2,1-3H3/t16-,17+/m0/s1. The number of ether oxygens (including phenoxy) is 1. The van der Waals surface area contributed by atoms with E-state index in [2.05, 4.69) is 41.1 Å². The second kappa shape index (κ2) is 6.69. The molecule has 1 aromatic heterocycles. The molecule has 1 aliphatic rings. The van der Waals surface area contributed by atoms with Crippen molar-refractivity contribution in [2.45, 2.75) is 32.4 Å². The van der Waals surface area contributed by atoms with Gasteiger partial charge in [-0.2, -0.15) is 0 Å². The summed E-state index contributed by atoms with van der Waals surface area (Å²) < 4.78 is 5.51. The zero-order chi connectivity index (χ0) is 16.4. The third kappa shape index (κ3) is 3.23. The molecule has 0 bridgehead atoms. The molecule has 1 saturated heterocycles. The highest BCUT2D eigenvalue weighted by molar-refractivity contribution is 5.41. The number of aromatic nitrogens is 1. The lowest BCUT2D eigenvalue weighted by Crippen LogP contribution is -2.28. The summed E-state index contributed by atoms with van der Waals surface area (Å²) >= 11 is 0. The number of pyridine rings is 1. The summed E-state index contributed by atoms with van der Waals surface area (Å²) in [6, 6.07) is 10.7. The summed E-state index contributed by atoms with van der Waals surface area (Å²) in [4.78, 5) is 7.01. The van der Waals surface area contributed by atoms with Gasteiger partial charge in [0.05, 0.1) is 12.8 Å². The second-order valence-electron chi connectivity index (χ2n) is 6.42. The first-order valence-electron chi connectivity index (χ1n) is 8.12. The van der Waals surface area contributed by atoms with Crippen LogP contribution in [0.2, 0.25) is 0 Å². The van der Waals surface area contributed by atoms with Crippen LogP contribution in [0.1, 0.15) is 28.3 Å². The Labute approximate surface area is 138 Å². The molecule has 0 spiro atoms. The van der Waals surface area contributed by atoms with E-state index in [-0.39, 0.29) is 6.04 Å². The van der Waals surface area contributed by atoms with Crippen LogP contribution >= 0.6 is 0 Å². The smallest absolute Gasteiger partial charge is 0.128 e. The lowest BCUT2D eigenvalue weighted by atomic mass is 9.95. The molecular formula is C19H25N3O. The molecule has 0 radical (unpaired) electrons. The Morgan fingerprint density at radius 3 is 2.65 bits per heavy atom. The minimum absolute atomic E-state index is 0.171. The van der Waals surface area contributed by atoms with Crippen LogP contribution in [0.4, 0.5) is 0 Å². The number of aryl methyl sites for hydroxylation is 1. The van der Waals surface area contributed by atoms with Gasteiger partial charge in [0.25, 0.3) is 0 Å². The average Bonchev–Trinajstić information content (AvgIpc) is 2.92. The zero-order valence-corrected chi connectivity index (χ0v) is 14.1. The Kier molecular flexibility index (Phi) is 4.64. The van der Waals surface area contributed by atoms with E-state index < -0.39 is 0 Å². The van der Waals surface area contributed by atoms with Gasteiger partial charge in [0.2, 0.25) is 0 Å². The number of nitrogens with two attached hydrogens (primary N) is 1. The van der Waals surface area contributed by atoms with Crippen LogP contribution in [-0.4, -0.2) is 36.1 Å². The van der Waals surface area contributed by atoms with Crippen molar-refractivity contribution in [2.24, 2.45) is 5.73 Å². The Morgan fingerprint density at radius 2 is 1.96 bits per heavy atom. The number of likely N-dealkylation sites (tertiary alicyclic amines) is 1. The van der Waals surface area contributed by atoms with E-state index in [0.29, 0.717) is 5.92 Å². The third-order valence-corrected chi connectivity index (χ3v) is 4.79. The zero-order valence-electron chi connectivity index (χ0n) is 14.1. The van der Waals surface area contributed by atoms with Crippen LogP contribution in [0.25, 0.3) is 0 Å². The molecule has 1 aromatic carbocycles. The van der Waals surface area contributed by atoms with Crippen molar-refractivity contribution in [2.75, 3.05) is 20.2 Å². The summed E-state index contributed by atoms with van der Waals surface area (Å²) in [6.45, 7) is 6.80. The van der Waals surface area contributed by atoms with Crippen LogP contribution in [0.5, 0.6) is 5.75 Å². The average molecular weight is 311 g/mol. The number of methoxy groups -OCH3 is 1. The van der Waals surface area contributed by atoms with E-state index in [1.807, 2.05) is 19.2 Å². The van der Waals surface area contributed by atoms with Crippen LogP contribution in [0, 0.1) is 13.8 Å². The van der Waals surface area contributed by atoms with Gasteiger partial charge in [-0.1, -0.05) is 30.3 Å². The molecular weight excluding hydrogens is 286 g/mol. The van der Waals surface area contributed by atoms with E-state index >= 15 is 0 Å². The quantitative estimate of drug-likeness (QED) is 0.943. The predicted molar refractivity (Wildman–Crippen MR) is 92.7 cm³/mol. The number of rotatable bonds is 4. The van der Waals surface area contributed by atoms with E-state index in [4.69, 9.17) is 10.5 Å². The van der Waals surface area contributed by atoms with E-state index in [1.165, 1.54) is 5.56 Å². The molecule has 1 aliphatic heterocycles. The maximum atomic E-state index is 6.39. The minimum atomic E-state index is 0.171. The lowest BCUT2D eigenvalue weighted by molar-refractivity contribution is 0.317. The molecule has 2 heterocycles. The number of hydrogen-bond acceptors (Lipinski definition) is 4. The summed E-state index contributed by atoms with van der Waals surface area (Å²) in [5, 5.41) is 0. The normalized spacial score (nSPS) is 21.6. The van der Waals surface area contributed by atoms with Crippen molar-refractivity contribution < 1.29 is 4.74 Å². The second-order valence-corrected chi connectivity index (χ2v) is 6.42. The fraction of sp³-hybridized carbons (Fsp3) is 0.421. The largest absolute Gasteiger partial charge is 0.496 e. The molecule has 1 fully saturated rings. The van der Waals surface area contributed by atoms with Crippen molar-refractivity contribution in [1.29, 1.82) is 0 Å². The van der Waals surface area contributed by atoms with Gasteiger partial charge in [-0.15, -0.1) is 0 Å². The van der Waals surface area contributed by atoms with Gasteiger partial charge in [-0.25, -0.2) is 0 Å². The predicted octanol–water partition coefficient (Wildman–Crippen LogP) is 2.63.